The number of para-hydroxylation sites is 2. The maximum absolute atomic E-state index is 13.9. The smallest absolute Gasteiger partial charge is 0.253 e. The summed E-state index contributed by atoms with van der Waals surface area (Å²) in [5.74, 6) is 3.54. The molecule has 1 amide bonds. The third-order valence-electron chi connectivity index (χ3n) is 9.59. The van der Waals surface area contributed by atoms with E-state index in [1.165, 1.54) is 0 Å². The molecule has 51 heavy (non-hydrogen) atoms. The summed E-state index contributed by atoms with van der Waals surface area (Å²) in [5, 5.41) is 0. The van der Waals surface area contributed by atoms with E-state index in [1.807, 2.05) is 32.2 Å². The number of aromatic nitrogens is 2. The number of carbonyl (C=O) groups is 1. The summed E-state index contributed by atoms with van der Waals surface area (Å²) in [6, 6.07) is 17.7. The molecule has 0 saturated carbocycles. The van der Waals surface area contributed by atoms with Crippen LogP contribution in [0.5, 0.6) is 28.7 Å². The van der Waals surface area contributed by atoms with Crippen molar-refractivity contribution >= 4 is 22.9 Å². The van der Waals surface area contributed by atoms with Gasteiger partial charge in [-0.05, 0) is 74.8 Å². The van der Waals surface area contributed by atoms with E-state index in [2.05, 4.69) is 38.6 Å². The molecule has 2 heterocycles. The van der Waals surface area contributed by atoms with Crippen molar-refractivity contribution in [1.82, 2.24) is 19.4 Å². The number of carbonyl (C=O) groups excluding carboxylic acids is 1. The summed E-state index contributed by atoms with van der Waals surface area (Å²) in [5.41, 5.74) is 3.68. The van der Waals surface area contributed by atoms with Crippen LogP contribution < -0.4 is 28.6 Å². The molecule has 12 heteroatoms. The van der Waals surface area contributed by atoms with E-state index in [4.69, 9.17) is 33.4 Å². The molecule has 1 aromatic heterocycles. The zero-order chi connectivity index (χ0) is 36.3. The molecule has 1 aliphatic heterocycles. The molecule has 0 spiro atoms. The van der Waals surface area contributed by atoms with Crippen molar-refractivity contribution in [3.8, 4) is 28.7 Å². The Labute approximate surface area is 301 Å². The van der Waals surface area contributed by atoms with Crippen LogP contribution in [0.1, 0.15) is 41.6 Å². The molecule has 0 radical (unpaired) electrons. The monoisotopic (exact) mass is 703 g/mol. The average Bonchev–Trinajstić information content (AvgIpc) is 3.36. The molecule has 1 atom stereocenters. The van der Waals surface area contributed by atoms with Crippen LogP contribution in [0.4, 0.5) is 5.95 Å². The summed E-state index contributed by atoms with van der Waals surface area (Å²) in [4.78, 5) is 25.6. The van der Waals surface area contributed by atoms with E-state index in [1.54, 1.807) is 52.6 Å². The summed E-state index contributed by atoms with van der Waals surface area (Å²) >= 11 is 0. The molecule has 0 bridgehead atoms. The lowest BCUT2D eigenvalue weighted by Crippen LogP contribution is -2.35. The van der Waals surface area contributed by atoms with Crippen molar-refractivity contribution in [2.24, 2.45) is 0 Å². The second-order valence-electron chi connectivity index (χ2n) is 12.6. The van der Waals surface area contributed by atoms with Gasteiger partial charge in [-0.3, -0.25) is 4.79 Å². The summed E-state index contributed by atoms with van der Waals surface area (Å²) in [6.45, 7) is 9.20. The number of amides is 1. The first-order valence-corrected chi connectivity index (χ1v) is 17.6. The molecule has 5 rings (SSSR count). The number of rotatable bonds is 17. The van der Waals surface area contributed by atoms with E-state index in [9.17, 15) is 4.79 Å². The fourth-order valence-electron chi connectivity index (χ4n) is 6.87. The molecule has 4 aromatic rings. The highest BCUT2D eigenvalue weighted by Gasteiger charge is 2.25. The number of methoxy groups -OCH3 is 5. The Morgan fingerprint density at radius 1 is 0.824 bits per heavy atom. The Kier molecular flexibility index (Phi) is 13.3. The summed E-state index contributed by atoms with van der Waals surface area (Å²) < 4.78 is 35.7. The van der Waals surface area contributed by atoms with Gasteiger partial charge in [-0.15, -0.1) is 0 Å². The van der Waals surface area contributed by atoms with Gasteiger partial charge in [0.1, 0.15) is 0 Å². The van der Waals surface area contributed by atoms with Gasteiger partial charge in [0.2, 0.25) is 11.7 Å². The van der Waals surface area contributed by atoms with Gasteiger partial charge in [0.05, 0.1) is 53.2 Å². The van der Waals surface area contributed by atoms with Crippen molar-refractivity contribution in [2.45, 2.75) is 32.2 Å². The number of benzene rings is 3. The van der Waals surface area contributed by atoms with Crippen molar-refractivity contribution in [3.05, 3.63) is 65.7 Å². The quantitative estimate of drug-likeness (QED) is 0.130. The zero-order valence-corrected chi connectivity index (χ0v) is 31.1. The predicted octanol–water partition coefficient (Wildman–Crippen LogP) is 5.57. The minimum atomic E-state index is -0.141. The van der Waals surface area contributed by atoms with Gasteiger partial charge in [-0.2, -0.15) is 0 Å². The number of imidazole rings is 1. The van der Waals surface area contributed by atoms with Crippen molar-refractivity contribution in [2.75, 3.05) is 100.0 Å². The van der Waals surface area contributed by atoms with Gasteiger partial charge in [-0.1, -0.05) is 18.2 Å². The number of fused-ring (bicyclic) bond motifs is 1. The molecule has 1 saturated heterocycles. The Balaban J connectivity index is 1.33. The highest BCUT2D eigenvalue weighted by Crippen LogP contribution is 2.39. The molecular formula is C39H53N5O7. The van der Waals surface area contributed by atoms with Crippen LogP contribution in [-0.2, 0) is 11.3 Å². The maximum atomic E-state index is 13.9. The topological polar surface area (TPSA) is 100.0 Å². The lowest BCUT2D eigenvalue weighted by atomic mass is 9.94. The minimum absolute atomic E-state index is 0.0305. The standard InChI is InChI=1S/C39H53N5O7/c1-8-51-23-22-44-32-13-10-9-12-31(32)40-39(44)43-18-11-17-42(20-21-43)19-16-29(28-14-15-33(46-3)34(24-28)47-4)27-41(2)38(45)30-25-35(48-5)37(50-7)36(26-30)49-6/h9-10,12-15,24-26,29H,8,11,16-23,27H2,1-7H3. The van der Waals surface area contributed by atoms with Gasteiger partial charge >= 0.3 is 0 Å². The number of hydrogen-bond donors (Lipinski definition) is 0. The second-order valence-corrected chi connectivity index (χ2v) is 12.6. The number of hydrogen-bond acceptors (Lipinski definition) is 10. The third kappa shape index (κ3) is 8.80. The normalized spacial score (nSPS) is 14.2. The molecule has 1 unspecified atom stereocenters. The molecule has 276 valence electrons. The number of nitrogens with zero attached hydrogens (tertiary/aromatic N) is 5. The molecule has 0 N–H and O–H groups in total. The number of ether oxygens (including phenoxy) is 6. The fourth-order valence-corrected chi connectivity index (χ4v) is 6.87. The predicted molar refractivity (Wildman–Crippen MR) is 199 cm³/mol. The van der Waals surface area contributed by atoms with E-state index in [0.29, 0.717) is 54.1 Å². The first-order valence-electron chi connectivity index (χ1n) is 17.6. The Morgan fingerprint density at radius 3 is 2.24 bits per heavy atom. The summed E-state index contributed by atoms with van der Waals surface area (Å²) in [7, 11) is 9.75. The van der Waals surface area contributed by atoms with E-state index in [-0.39, 0.29) is 11.8 Å². The highest BCUT2D eigenvalue weighted by molar-refractivity contribution is 5.95. The van der Waals surface area contributed by atoms with Crippen LogP contribution in [0, 0.1) is 0 Å². The second kappa shape index (κ2) is 18.0. The van der Waals surface area contributed by atoms with Crippen LogP contribution >= 0.6 is 0 Å². The Bertz CT molecular complexity index is 1720. The molecule has 3 aromatic carbocycles. The molecule has 1 aliphatic rings. The lowest BCUT2D eigenvalue weighted by molar-refractivity contribution is 0.0782. The van der Waals surface area contributed by atoms with E-state index < -0.39 is 0 Å². The molecule has 0 aliphatic carbocycles. The van der Waals surface area contributed by atoms with Gasteiger partial charge in [0, 0.05) is 57.9 Å². The first kappa shape index (κ1) is 37.6. The molecular weight excluding hydrogens is 650 g/mol. The van der Waals surface area contributed by atoms with Crippen molar-refractivity contribution in [3.63, 3.8) is 0 Å². The van der Waals surface area contributed by atoms with E-state index in [0.717, 1.165) is 74.7 Å². The minimum Gasteiger partial charge on any atom is -0.493 e. The molecule has 1 fully saturated rings. The van der Waals surface area contributed by atoms with Crippen LogP contribution in [0.15, 0.2) is 54.6 Å². The van der Waals surface area contributed by atoms with Crippen LogP contribution in [0.3, 0.4) is 0 Å². The Morgan fingerprint density at radius 2 is 1.55 bits per heavy atom. The van der Waals surface area contributed by atoms with Crippen LogP contribution in [0.25, 0.3) is 11.0 Å². The average molecular weight is 704 g/mol. The third-order valence-corrected chi connectivity index (χ3v) is 9.59. The van der Waals surface area contributed by atoms with Gasteiger partial charge < -0.3 is 47.7 Å². The van der Waals surface area contributed by atoms with Crippen molar-refractivity contribution in [1.29, 1.82) is 0 Å². The Hall–Kier alpha value is -4.68. The number of anilines is 1. The van der Waals surface area contributed by atoms with Gasteiger partial charge in [0.25, 0.3) is 5.91 Å². The zero-order valence-electron chi connectivity index (χ0n) is 31.1. The van der Waals surface area contributed by atoms with Gasteiger partial charge in [-0.25, -0.2) is 4.98 Å². The van der Waals surface area contributed by atoms with Crippen LogP contribution in [0.2, 0.25) is 0 Å². The lowest BCUT2D eigenvalue weighted by Gasteiger charge is -2.28. The fraction of sp³-hybridized carbons (Fsp3) is 0.487. The largest absolute Gasteiger partial charge is 0.493 e. The highest BCUT2D eigenvalue weighted by atomic mass is 16.5. The maximum Gasteiger partial charge on any atom is 0.253 e. The number of likely N-dealkylation sites (N-methyl/N-ethyl adjacent to an activating group) is 1. The molecule has 12 nitrogen and oxygen atoms in total. The first-order chi connectivity index (χ1) is 24.8. The van der Waals surface area contributed by atoms with Crippen molar-refractivity contribution < 1.29 is 33.2 Å². The van der Waals surface area contributed by atoms with Gasteiger partial charge in [0.15, 0.2) is 23.0 Å². The summed E-state index contributed by atoms with van der Waals surface area (Å²) in [6.07, 6.45) is 1.87. The SMILES string of the molecule is CCOCCn1c(N2CCCN(CCC(CN(C)C(=O)c3cc(OC)c(OC)c(OC)c3)c3ccc(OC)c(OC)c3)CC2)nc2ccccc21. The van der Waals surface area contributed by atoms with E-state index >= 15 is 0 Å². The van der Waals surface area contributed by atoms with Crippen LogP contribution in [-0.4, -0.2) is 120 Å².